The summed E-state index contributed by atoms with van der Waals surface area (Å²) in [5.41, 5.74) is 6.82. The van der Waals surface area contributed by atoms with Gasteiger partial charge in [-0.05, 0) is 25.5 Å². The van der Waals surface area contributed by atoms with Crippen molar-refractivity contribution in [3.05, 3.63) is 20.8 Å². The first-order valence-corrected chi connectivity index (χ1v) is 7.58. The molecule has 0 aliphatic rings. The second-order valence-electron chi connectivity index (χ2n) is 3.67. The quantitative estimate of drug-likeness (QED) is 0.913. The molecule has 0 fully saturated rings. The lowest BCUT2D eigenvalue weighted by Gasteiger charge is -2.16. The topological polar surface area (TPSA) is 60.2 Å². The second-order valence-corrected chi connectivity index (χ2v) is 7.75. The minimum atomic E-state index is -3.12. The molecule has 1 aromatic rings. The molecule has 0 aliphatic carbocycles. The molecule has 1 rings (SSSR count). The summed E-state index contributed by atoms with van der Waals surface area (Å²) in [4.78, 5) is 0.815. The van der Waals surface area contributed by atoms with Crippen LogP contribution in [0, 0.1) is 6.92 Å². The van der Waals surface area contributed by atoms with Gasteiger partial charge in [0.25, 0.3) is 0 Å². The van der Waals surface area contributed by atoms with E-state index in [0.717, 1.165) is 10.4 Å². The first kappa shape index (κ1) is 13.0. The van der Waals surface area contributed by atoms with Crippen LogP contribution in [0.3, 0.4) is 0 Å². The summed E-state index contributed by atoms with van der Waals surface area (Å²) in [6, 6.07) is 1.34. The van der Waals surface area contributed by atoms with Gasteiger partial charge in [0.05, 0.1) is 15.6 Å². The summed E-state index contributed by atoms with van der Waals surface area (Å²) in [6.45, 7) is 3.49. The van der Waals surface area contributed by atoms with Gasteiger partial charge >= 0.3 is 0 Å². The van der Waals surface area contributed by atoms with Crippen LogP contribution < -0.4 is 5.73 Å². The van der Waals surface area contributed by atoms with Crippen LogP contribution in [0.2, 0.25) is 4.34 Å². The zero-order valence-electron chi connectivity index (χ0n) is 8.82. The van der Waals surface area contributed by atoms with Crippen LogP contribution in [0.25, 0.3) is 0 Å². The highest BCUT2D eigenvalue weighted by Gasteiger charge is 2.25. The summed E-state index contributed by atoms with van der Waals surface area (Å²) < 4.78 is 23.3. The zero-order chi connectivity index (χ0) is 11.8. The Morgan fingerprint density at radius 2 is 2.07 bits per heavy atom. The molecule has 2 unspecified atom stereocenters. The smallest absolute Gasteiger partial charge is 0.151 e. The fourth-order valence-electron chi connectivity index (χ4n) is 1.15. The first-order valence-electron chi connectivity index (χ1n) is 4.43. The zero-order valence-corrected chi connectivity index (χ0v) is 11.2. The van der Waals surface area contributed by atoms with Crippen LogP contribution in [0.4, 0.5) is 0 Å². The van der Waals surface area contributed by atoms with Crippen molar-refractivity contribution in [3.63, 3.8) is 0 Å². The van der Waals surface area contributed by atoms with Gasteiger partial charge in [0.15, 0.2) is 9.84 Å². The van der Waals surface area contributed by atoms with Crippen LogP contribution in [0.1, 0.15) is 23.4 Å². The highest BCUT2D eigenvalue weighted by Crippen LogP contribution is 2.32. The highest BCUT2D eigenvalue weighted by molar-refractivity contribution is 7.91. The molecule has 0 saturated heterocycles. The average Bonchev–Trinajstić information content (AvgIpc) is 2.43. The number of thiophene rings is 1. The molecule has 0 saturated carbocycles. The molecule has 0 spiro atoms. The molecular formula is C9H14ClNO2S2. The number of nitrogens with two attached hydrogens (primary N) is 1. The van der Waals surface area contributed by atoms with E-state index in [1.165, 1.54) is 17.6 Å². The van der Waals surface area contributed by atoms with Crippen molar-refractivity contribution in [1.29, 1.82) is 0 Å². The second kappa shape index (κ2) is 4.41. The van der Waals surface area contributed by atoms with Gasteiger partial charge in [-0.25, -0.2) is 8.42 Å². The summed E-state index contributed by atoms with van der Waals surface area (Å²) in [5, 5.41) is -0.591. The van der Waals surface area contributed by atoms with Crippen molar-refractivity contribution < 1.29 is 8.42 Å². The fraction of sp³-hybridized carbons (Fsp3) is 0.556. The van der Waals surface area contributed by atoms with Crippen molar-refractivity contribution in [1.82, 2.24) is 0 Å². The summed E-state index contributed by atoms with van der Waals surface area (Å²) in [6.07, 6.45) is 1.19. The number of hydrogen-bond donors (Lipinski definition) is 1. The van der Waals surface area contributed by atoms with E-state index in [2.05, 4.69) is 0 Å². The molecule has 1 heterocycles. The molecule has 6 heteroatoms. The monoisotopic (exact) mass is 267 g/mol. The van der Waals surface area contributed by atoms with Crippen molar-refractivity contribution in [2.75, 3.05) is 6.26 Å². The van der Waals surface area contributed by atoms with Gasteiger partial charge in [0.2, 0.25) is 0 Å². The standard InChI is InChI=1S/C9H14ClNO2S2/c1-5-4-7(14-9(5)10)8(11)6(2)15(3,12)13/h4,6,8H,11H2,1-3H3. The maximum absolute atomic E-state index is 11.3. The minimum absolute atomic E-state index is 0.504. The summed E-state index contributed by atoms with van der Waals surface area (Å²) >= 11 is 7.25. The fourth-order valence-corrected chi connectivity index (χ4v) is 3.24. The van der Waals surface area contributed by atoms with Crippen LogP contribution in [0.15, 0.2) is 6.07 Å². The summed E-state index contributed by atoms with van der Waals surface area (Å²) in [7, 11) is -3.12. The van der Waals surface area contributed by atoms with Crippen LogP contribution in [0.5, 0.6) is 0 Å². The van der Waals surface area contributed by atoms with Gasteiger partial charge in [-0.3, -0.25) is 0 Å². The lowest BCUT2D eigenvalue weighted by Crippen LogP contribution is -2.29. The SMILES string of the molecule is Cc1cc(C(N)C(C)S(C)(=O)=O)sc1Cl. The summed E-state index contributed by atoms with van der Waals surface area (Å²) in [5.74, 6) is 0. The van der Waals surface area contributed by atoms with Crippen LogP contribution >= 0.6 is 22.9 Å². The molecular weight excluding hydrogens is 254 g/mol. The molecule has 86 valence electrons. The van der Waals surface area contributed by atoms with Crippen molar-refractivity contribution >= 4 is 32.8 Å². The van der Waals surface area contributed by atoms with E-state index in [4.69, 9.17) is 17.3 Å². The molecule has 3 nitrogen and oxygen atoms in total. The lowest BCUT2D eigenvalue weighted by atomic mass is 10.2. The van der Waals surface area contributed by atoms with Crippen LogP contribution in [-0.2, 0) is 9.84 Å². The van der Waals surface area contributed by atoms with Gasteiger partial charge in [0.1, 0.15) is 0 Å². The average molecular weight is 268 g/mol. The van der Waals surface area contributed by atoms with E-state index in [-0.39, 0.29) is 0 Å². The Hall–Kier alpha value is -0.100. The predicted molar refractivity (Wildman–Crippen MR) is 65.3 cm³/mol. The third-order valence-corrected chi connectivity index (χ3v) is 5.69. The Morgan fingerprint density at radius 1 is 1.53 bits per heavy atom. The van der Waals surface area contributed by atoms with E-state index in [9.17, 15) is 8.42 Å². The van der Waals surface area contributed by atoms with E-state index in [0.29, 0.717) is 4.34 Å². The van der Waals surface area contributed by atoms with E-state index in [1.54, 1.807) is 6.92 Å². The normalized spacial score (nSPS) is 16.3. The maximum atomic E-state index is 11.3. The molecule has 2 atom stereocenters. The number of halogens is 1. The highest BCUT2D eigenvalue weighted by atomic mass is 35.5. The van der Waals surface area contributed by atoms with Gasteiger partial charge < -0.3 is 5.73 Å². The maximum Gasteiger partial charge on any atom is 0.151 e. The van der Waals surface area contributed by atoms with Crippen molar-refractivity contribution in [2.45, 2.75) is 25.1 Å². The van der Waals surface area contributed by atoms with Gasteiger partial charge in [-0.15, -0.1) is 11.3 Å². The molecule has 0 bridgehead atoms. The number of aryl methyl sites for hydroxylation is 1. The lowest BCUT2D eigenvalue weighted by molar-refractivity contribution is 0.572. The van der Waals surface area contributed by atoms with Crippen molar-refractivity contribution in [2.24, 2.45) is 5.73 Å². The molecule has 15 heavy (non-hydrogen) atoms. The molecule has 2 N–H and O–H groups in total. The molecule has 0 aliphatic heterocycles. The number of rotatable bonds is 3. The molecule has 0 radical (unpaired) electrons. The minimum Gasteiger partial charge on any atom is -0.322 e. The Kier molecular flexibility index (Phi) is 3.81. The van der Waals surface area contributed by atoms with E-state index < -0.39 is 21.1 Å². The Bertz CT molecular complexity index is 433. The Labute approximate surface area is 99.2 Å². The first-order chi connectivity index (χ1) is 6.73. The molecule has 0 amide bonds. The van der Waals surface area contributed by atoms with Gasteiger partial charge in [-0.1, -0.05) is 11.6 Å². The number of hydrogen-bond acceptors (Lipinski definition) is 4. The van der Waals surface area contributed by atoms with E-state index >= 15 is 0 Å². The van der Waals surface area contributed by atoms with Gasteiger partial charge in [0, 0.05) is 11.1 Å². The Morgan fingerprint density at radius 3 is 2.40 bits per heavy atom. The molecule has 1 aromatic heterocycles. The molecule has 0 aromatic carbocycles. The largest absolute Gasteiger partial charge is 0.322 e. The third kappa shape index (κ3) is 2.93. The van der Waals surface area contributed by atoms with E-state index in [1.807, 2.05) is 13.0 Å². The Balaban J connectivity index is 3.00. The predicted octanol–water partition coefficient (Wildman–Crippen LogP) is 2.14. The van der Waals surface area contributed by atoms with Gasteiger partial charge in [-0.2, -0.15) is 0 Å². The van der Waals surface area contributed by atoms with Crippen LogP contribution in [-0.4, -0.2) is 19.9 Å². The third-order valence-electron chi connectivity index (χ3n) is 2.39. The number of sulfone groups is 1. The van der Waals surface area contributed by atoms with Crippen molar-refractivity contribution in [3.8, 4) is 0 Å².